The molecule has 0 fully saturated rings. The topological polar surface area (TPSA) is 66.0 Å². The van der Waals surface area contributed by atoms with Gasteiger partial charge >= 0.3 is 0 Å². The third-order valence-corrected chi connectivity index (χ3v) is 3.05. The standard InChI is InChI=1S/C14H13FN4O/c1-19-8-18-13-11(19)4-5-17-14(13)20-12-3-2-9(7-16)6-10(12)15/h2-6,8H,7,16H2,1H3. The molecule has 3 aromatic rings. The number of hydrogen-bond acceptors (Lipinski definition) is 4. The van der Waals surface area contributed by atoms with Crippen molar-refractivity contribution in [2.45, 2.75) is 6.54 Å². The molecule has 0 spiro atoms. The molecule has 2 N–H and O–H groups in total. The van der Waals surface area contributed by atoms with Crippen LogP contribution in [0, 0.1) is 5.82 Å². The number of rotatable bonds is 3. The summed E-state index contributed by atoms with van der Waals surface area (Å²) in [5.41, 5.74) is 7.64. The molecule has 20 heavy (non-hydrogen) atoms. The minimum absolute atomic E-state index is 0.104. The molecule has 2 heterocycles. The summed E-state index contributed by atoms with van der Waals surface area (Å²) < 4.78 is 21.3. The number of halogens is 1. The van der Waals surface area contributed by atoms with Gasteiger partial charge in [-0.05, 0) is 23.8 Å². The van der Waals surface area contributed by atoms with Crippen LogP contribution < -0.4 is 10.5 Å². The van der Waals surface area contributed by atoms with Crippen LogP contribution in [-0.4, -0.2) is 14.5 Å². The van der Waals surface area contributed by atoms with Crippen LogP contribution >= 0.6 is 0 Å². The number of imidazole rings is 1. The van der Waals surface area contributed by atoms with Gasteiger partial charge in [-0.1, -0.05) is 6.07 Å². The van der Waals surface area contributed by atoms with Crippen molar-refractivity contribution in [1.82, 2.24) is 14.5 Å². The summed E-state index contributed by atoms with van der Waals surface area (Å²) in [4.78, 5) is 8.32. The van der Waals surface area contributed by atoms with Gasteiger partial charge in [-0.25, -0.2) is 14.4 Å². The first kappa shape index (κ1) is 12.6. The third kappa shape index (κ3) is 2.10. The van der Waals surface area contributed by atoms with Crippen molar-refractivity contribution >= 4 is 11.0 Å². The number of pyridine rings is 1. The molecule has 6 heteroatoms. The van der Waals surface area contributed by atoms with E-state index < -0.39 is 5.82 Å². The average molecular weight is 272 g/mol. The number of aromatic nitrogens is 3. The van der Waals surface area contributed by atoms with Gasteiger partial charge in [-0.2, -0.15) is 0 Å². The Labute approximate surface area is 114 Å². The van der Waals surface area contributed by atoms with Crippen LogP contribution in [0.5, 0.6) is 11.6 Å². The highest BCUT2D eigenvalue weighted by Gasteiger charge is 2.12. The fourth-order valence-corrected chi connectivity index (χ4v) is 1.97. The zero-order valence-corrected chi connectivity index (χ0v) is 10.9. The number of fused-ring (bicyclic) bond motifs is 1. The largest absolute Gasteiger partial charge is 0.434 e. The van der Waals surface area contributed by atoms with Crippen molar-refractivity contribution in [3.63, 3.8) is 0 Å². The van der Waals surface area contributed by atoms with Crippen LogP contribution in [0.15, 0.2) is 36.8 Å². The summed E-state index contributed by atoms with van der Waals surface area (Å²) in [6.45, 7) is 0.283. The molecular formula is C14H13FN4O. The molecule has 0 saturated carbocycles. The van der Waals surface area contributed by atoms with Crippen LogP contribution in [0.25, 0.3) is 11.0 Å². The number of nitrogens with zero attached hydrogens (tertiary/aromatic N) is 3. The van der Waals surface area contributed by atoms with E-state index in [4.69, 9.17) is 10.5 Å². The van der Waals surface area contributed by atoms with Crippen molar-refractivity contribution in [2.24, 2.45) is 12.8 Å². The Morgan fingerprint density at radius 1 is 1.30 bits per heavy atom. The van der Waals surface area contributed by atoms with Gasteiger partial charge in [-0.15, -0.1) is 0 Å². The van der Waals surface area contributed by atoms with E-state index in [2.05, 4.69) is 9.97 Å². The molecule has 0 bridgehead atoms. The third-order valence-electron chi connectivity index (χ3n) is 3.05. The highest BCUT2D eigenvalue weighted by molar-refractivity contribution is 5.80. The zero-order chi connectivity index (χ0) is 14.1. The highest BCUT2D eigenvalue weighted by Crippen LogP contribution is 2.28. The van der Waals surface area contributed by atoms with Crippen LogP contribution in [0.4, 0.5) is 4.39 Å². The van der Waals surface area contributed by atoms with E-state index in [9.17, 15) is 4.39 Å². The molecule has 0 radical (unpaired) electrons. The summed E-state index contributed by atoms with van der Waals surface area (Å²) in [6, 6.07) is 6.44. The van der Waals surface area contributed by atoms with Crippen molar-refractivity contribution in [1.29, 1.82) is 0 Å². The SMILES string of the molecule is Cn1cnc2c(Oc3ccc(CN)cc3F)nccc21. The molecule has 102 valence electrons. The van der Waals surface area contributed by atoms with Crippen molar-refractivity contribution in [3.05, 3.63) is 48.2 Å². The molecule has 0 aliphatic carbocycles. The Balaban J connectivity index is 2.01. The average Bonchev–Trinajstić information content (AvgIpc) is 2.84. The molecule has 0 unspecified atom stereocenters. The van der Waals surface area contributed by atoms with E-state index in [1.807, 2.05) is 17.7 Å². The van der Waals surface area contributed by atoms with Gasteiger partial charge in [0.25, 0.3) is 0 Å². The summed E-state index contributed by atoms with van der Waals surface area (Å²) in [6.07, 6.45) is 3.26. The molecule has 3 rings (SSSR count). The van der Waals surface area contributed by atoms with Crippen molar-refractivity contribution in [2.75, 3.05) is 0 Å². The summed E-state index contributed by atoms with van der Waals surface area (Å²) in [7, 11) is 1.87. The lowest BCUT2D eigenvalue weighted by molar-refractivity contribution is 0.431. The Hall–Kier alpha value is -2.47. The lowest BCUT2D eigenvalue weighted by Gasteiger charge is -2.07. The lowest BCUT2D eigenvalue weighted by atomic mass is 10.2. The lowest BCUT2D eigenvalue weighted by Crippen LogP contribution is -1.98. The smallest absolute Gasteiger partial charge is 0.247 e. The van der Waals surface area contributed by atoms with Gasteiger partial charge in [0.1, 0.15) is 0 Å². The fraction of sp³-hybridized carbons (Fsp3) is 0.143. The summed E-state index contributed by atoms with van der Waals surface area (Å²) in [5.74, 6) is -0.0852. The Morgan fingerprint density at radius 2 is 2.15 bits per heavy atom. The number of ether oxygens (including phenoxy) is 1. The minimum Gasteiger partial charge on any atom is -0.434 e. The fourth-order valence-electron chi connectivity index (χ4n) is 1.97. The number of nitrogens with two attached hydrogens (primary N) is 1. The van der Waals surface area contributed by atoms with E-state index in [-0.39, 0.29) is 18.2 Å². The maximum absolute atomic E-state index is 13.9. The van der Waals surface area contributed by atoms with Gasteiger partial charge in [0, 0.05) is 19.8 Å². The number of aryl methyl sites for hydroxylation is 1. The molecule has 0 atom stereocenters. The van der Waals surface area contributed by atoms with E-state index in [0.717, 1.165) is 5.52 Å². The van der Waals surface area contributed by atoms with E-state index >= 15 is 0 Å². The molecule has 0 aliphatic heterocycles. The second-order valence-corrected chi connectivity index (χ2v) is 4.41. The molecule has 0 amide bonds. The molecule has 1 aromatic carbocycles. The van der Waals surface area contributed by atoms with E-state index in [1.165, 1.54) is 6.07 Å². The predicted molar refractivity (Wildman–Crippen MR) is 72.9 cm³/mol. The van der Waals surface area contributed by atoms with Gasteiger partial charge in [-0.3, -0.25) is 0 Å². The minimum atomic E-state index is -0.470. The Bertz CT molecular complexity index is 769. The van der Waals surface area contributed by atoms with E-state index in [0.29, 0.717) is 11.1 Å². The second kappa shape index (κ2) is 4.90. The summed E-state index contributed by atoms with van der Waals surface area (Å²) >= 11 is 0. The normalized spacial score (nSPS) is 10.9. The Kier molecular flexibility index (Phi) is 3.08. The molecule has 2 aromatic heterocycles. The van der Waals surface area contributed by atoms with Gasteiger partial charge in [0.05, 0.1) is 11.8 Å². The molecule has 0 aliphatic rings. The predicted octanol–water partition coefficient (Wildman–Crippen LogP) is 2.36. The first-order valence-corrected chi connectivity index (χ1v) is 6.11. The maximum Gasteiger partial charge on any atom is 0.247 e. The van der Waals surface area contributed by atoms with Gasteiger partial charge < -0.3 is 15.0 Å². The maximum atomic E-state index is 13.9. The first-order valence-electron chi connectivity index (χ1n) is 6.11. The monoisotopic (exact) mass is 272 g/mol. The molecule has 0 saturated heterocycles. The molecular weight excluding hydrogens is 259 g/mol. The van der Waals surface area contributed by atoms with Crippen LogP contribution in [0.3, 0.4) is 0 Å². The second-order valence-electron chi connectivity index (χ2n) is 4.41. The first-order chi connectivity index (χ1) is 9.69. The highest BCUT2D eigenvalue weighted by atomic mass is 19.1. The van der Waals surface area contributed by atoms with Crippen molar-refractivity contribution in [3.8, 4) is 11.6 Å². The zero-order valence-electron chi connectivity index (χ0n) is 10.9. The van der Waals surface area contributed by atoms with Crippen LogP contribution in [0.1, 0.15) is 5.56 Å². The quantitative estimate of drug-likeness (QED) is 0.794. The number of hydrogen-bond donors (Lipinski definition) is 1. The number of benzene rings is 1. The van der Waals surface area contributed by atoms with Crippen LogP contribution in [-0.2, 0) is 13.6 Å². The van der Waals surface area contributed by atoms with E-state index in [1.54, 1.807) is 24.7 Å². The summed E-state index contributed by atoms with van der Waals surface area (Å²) in [5, 5.41) is 0. The van der Waals surface area contributed by atoms with Crippen LogP contribution in [0.2, 0.25) is 0 Å². The van der Waals surface area contributed by atoms with Gasteiger partial charge in [0.2, 0.25) is 5.88 Å². The molecule has 5 nitrogen and oxygen atoms in total. The van der Waals surface area contributed by atoms with Gasteiger partial charge in [0.15, 0.2) is 17.1 Å². The van der Waals surface area contributed by atoms with Crippen molar-refractivity contribution < 1.29 is 9.13 Å². The Morgan fingerprint density at radius 3 is 2.90 bits per heavy atom.